The number of aliphatic hydroxyl groups excluding tert-OH is 1. The molecule has 0 radical (unpaired) electrons. The largest absolute Gasteiger partial charge is 0.458 e. The van der Waals surface area contributed by atoms with E-state index in [0.717, 1.165) is 18.4 Å². The maximum atomic E-state index is 12.1. The summed E-state index contributed by atoms with van der Waals surface area (Å²) in [5, 5.41) is 9.65. The average Bonchev–Trinajstić information content (AvgIpc) is 3.13. The van der Waals surface area contributed by atoms with Crippen LogP contribution in [0.1, 0.15) is 33.1 Å². The van der Waals surface area contributed by atoms with Gasteiger partial charge in [-0.25, -0.2) is 9.59 Å². The highest BCUT2D eigenvalue weighted by atomic mass is 16.6. The third-order valence-corrected chi connectivity index (χ3v) is 5.25. The fourth-order valence-corrected chi connectivity index (χ4v) is 3.68. The Kier molecular flexibility index (Phi) is 4.60. The summed E-state index contributed by atoms with van der Waals surface area (Å²) in [4.78, 5) is 24.2. The van der Waals surface area contributed by atoms with Crippen LogP contribution in [0.3, 0.4) is 0 Å². The van der Waals surface area contributed by atoms with E-state index in [4.69, 9.17) is 14.2 Å². The van der Waals surface area contributed by atoms with Gasteiger partial charge in [0.15, 0.2) is 0 Å². The number of hydrogen-bond donors (Lipinski definition) is 1. The molecule has 6 heteroatoms. The van der Waals surface area contributed by atoms with Crippen LogP contribution in [0, 0.1) is 5.92 Å². The minimum absolute atomic E-state index is 0.138. The first-order valence-electron chi connectivity index (χ1n) is 8.49. The third kappa shape index (κ3) is 3.28. The molecule has 0 aromatic carbocycles. The number of epoxide rings is 1. The predicted molar refractivity (Wildman–Crippen MR) is 89.5 cm³/mol. The van der Waals surface area contributed by atoms with Gasteiger partial charge >= 0.3 is 11.9 Å². The summed E-state index contributed by atoms with van der Waals surface area (Å²) >= 11 is 0. The first kappa shape index (κ1) is 17.9. The number of rotatable bonds is 3. The SMILES string of the molecule is C=C(C)C(=O)O[C@H]1C/C(CO)=C\CC[C@@]2(C)O[C@@H]2[C@H]2OC(=O)C(=C)[C@@H]21. The highest BCUT2D eigenvalue weighted by molar-refractivity contribution is 5.91. The molecule has 0 aromatic rings. The fourth-order valence-electron chi connectivity index (χ4n) is 3.68. The molecule has 2 aliphatic heterocycles. The lowest BCUT2D eigenvalue weighted by Gasteiger charge is -2.28. The highest BCUT2D eigenvalue weighted by Crippen LogP contribution is 2.50. The van der Waals surface area contributed by atoms with Crippen LogP contribution in [-0.2, 0) is 23.8 Å². The summed E-state index contributed by atoms with van der Waals surface area (Å²) in [6, 6.07) is 0. The van der Waals surface area contributed by atoms with E-state index in [1.807, 2.05) is 13.0 Å². The number of aliphatic hydroxyl groups is 1. The molecule has 3 rings (SSSR count). The molecule has 2 fully saturated rings. The lowest BCUT2D eigenvalue weighted by atomic mass is 9.82. The Morgan fingerprint density at radius 2 is 2.24 bits per heavy atom. The van der Waals surface area contributed by atoms with Crippen LogP contribution in [0.5, 0.6) is 0 Å². The molecule has 5 atom stereocenters. The molecule has 0 amide bonds. The molecule has 136 valence electrons. The molecule has 2 saturated heterocycles. The lowest BCUT2D eigenvalue weighted by Crippen LogP contribution is -2.38. The number of fused-ring (bicyclic) bond motifs is 3. The zero-order valence-electron chi connectivity index (χ0n) is 14.6. The monoisotopic (exact) mass is 348 g/mol. The molecule has 3 aliphatic rings. The zero-order valence-corrected chi connectivity index (χ0v) is 14.6. The van der Waals surface area contributed by atoms with E-state index in [2.05, 4.69) is 13.2 Å². The van der Waals surface area contributed by atoms with E-state index in [-0.39, 0.29) is 29.5 Å². The van der Waals surface area contributed by atoms with E-state index in [1.165, 1.54) is 0 Å². The Bertz CT molecular complexity index is 663. The molecular formula is C19H24O6. The van der Waals surface area contributed by atoms with Crippen molar-refractivity contribution in [2.75, 3.05) is 6.61 Å². The molecule has 1 aliphatic carbocycles. The average molecular weight is 348 g/mol. The fraction of sp³-hybridized carbons (Fsp3) is 0.579. The van der Waals surface area contributed by atoms with Crippen molar-refractivity contribution in [2.24, 2.45) is 5.92 Å². The molecular weight excluding hydrogens is 324 g/mol. The summed E-state index contributed by atoms with van der Waals surface area (Å²) in [6.07, 6.45) is 2.32. The van der Waals surface area contributed by atoms with Gasteiger partial charge in [-0.15, -0.1) is 0 Å². The first-order chi connectivity index (χ1) is 11.8. The second kappa shape index (κ2) is 6.42. The van der Waals surface area contributed by atoms with Crippen LogP contribution in [0.25, 0.3) is 0 Å². The van der Waals surface area contributed by atoms with Gasteiger partial charge in [-0.2, -0.15) is 0 Å². The van der Waals surface area contributed by atoms with Crippen molar-refractivity contribution >= 4 is 11.9 Å². The second-order valence-electron chi connectivity index (χ2n) is 7.26. The van der Waals surface area contributed by atoms with Crippen molar-refractivity contribution in [3.8, 4) is 0 Å². The minimum Gasteiger partial charge on any atom is -0.458 e. The number of esters is 2. The van der Waals surface area contributed by atoms with E-state index in [1.54, 1.807) is 6.92 Å². The van der Waals surface area contributed by atoms with Gasteiger partial charge in [0, 0.05) is 17.6 Å². The first-order valence-corrected chi connectivity index (χ1v) is 8.49. The maximum Gasteiger partial charge on any atom is 0.334 e. The topological polar surface area (TPSA) is 85.4 Å². The molecule has 0 bridgehead atoms. The van der Waals surface area contributed by atoms with E-state index >= 15 is 0 Å². The Hall–Kier alpha value is -1.92. The summed E-state index contributed by atoms with van der Waals surface area (Å²) in [5.41, 5.74) is 0.922. The molecule has 2 heterocycles. The zero-order chi connectivity index (χ0) is 18.4. The quantitative estimate of drug-likeness (QED) is 0.362. The Balaban J connectivity index is 1.96. The number of hydrogen-bond acceptors (Lipinski definition) is 6. The minimum atomic E-state index is -0.668. The van der Waals surface area contributed by atoms with Crippen molar-refractivity contribution in [3.05, 3.63) is 36.0 Å². The summed E-state index contributed by atoms with van der Waals surface area (Å²) in [7, 11) is 0. The Labute approximate surface area is 147 Å². The van der Waals surface area contributed by atoms with Crippen molar-refractivity contribution < 1.29 is 28.9 Å². The van der Waals surface area contributed by atoms with Gasteiger partial charge in [0.2, 0.25) is 0 Å². The molecule has 25 heavy (non-hydrogen) atoms. The van der Waals surface area contributed by atoms with Crippen LogP contribution >= 0.6 is 0 Å². The standard InChI is InChI=1S/C19H24O6/c1-10(2)17(21)23-13-8-12(9-20)6-5-7-19(4)16(25-19)15-14(13)11(3)18(22)24-15/h6,13-16,20H,1,3,5,7-9H2,2,4H3/b12-6+/t13-,14+,15-,16+,19+/m0/s1. The lowest BCUT2D eigenvalue weighted by molar-refractivity contribution is -0.148. The number of carbonyl (C=O) groups is 2. The van der Waals surface area contributed by atoms with Crippen LogP contribution in [0.4, 0.5) is 0 Å². The highest BCUT2D eigenvalue weighted by Gasteiger charge is 2.63. The molecule has 6 nitrogen and oxygen atoms in total. The van der Waals surface area contributed by atoms with Crippen LogP contribution in [-0.4, -0.2) is 47.6 Å². The van der Waals surface area contributed by atoms with E-state index in [0.29, 0.717) is 6.42 Å². The van der Waals surface area contributed by atoms with Crippen LogP contribution in [0.2, 0.25) is 0 Å². The van der Waals surface area contributed by atoms with Crippen molar-refractivity contribution in [2.45, 2.75) is 57.0 Å². The number of ether oxygens (including phenoxy) is 3. The summed E-state index contributed by atoms with van der Waals surface area (Å²) in [5.74, 6) is -1.53. The van der Waals surface area contributed by atoms with Gasteiger partial charge in [-0.05, 0) is 32.3 Å². The summed E-state index contributed by atoms with van der Waals surface area (Å²) in [6.45, 7) is 10.9. The molecule has 1 N–H and O–H groups in total. The van der Waals surface area contributed by atoms with Crippen LogP contribution in [0.15, 0.2) is 36.0 Å². The molecule has 0 saturated carbocycles. The molecule has 0 spiro atoms. The third-order valence-electron chi connectivity index (χ3n) is 5.25. The van der Waals surface area contributed by atoms with Gasteiger partial charge in [-0.3, -0.25) is 0 Å². The van der Waals surface area contributed by atoms with Crippen molar-refractivity contribution in [1.29, 1.82) is 0 Å². The molecule has 0 aromatic heterocycles. The predicted octanol–water partition coefficient (Wildman–Crippen LogP) is 1.83. The summed E-state index contributed by atoms with van der Waals surface area (Å²) < 4.78 is 17.0. The normalized spacial score (nSPS) is 39.4. The van der Waals surface area contributed by atoms with Crippen molar-refractivity contribution in [1.82, 2.24) is 0 Å². The van der Waals surface area contributed by atoms with Gasteiger partial charge in [0.1, 0.15) is 18.3 Å². The smallest absolute Gasteiger partial charge is 0.334 e. The Morgan fingerprint density at radius 3 is 2.88 bits per heavy atom. The van der Waals surface area contributed by atoms with E-state index < -0.39 is 30.1 Å². The Morgan fingerprint density at radius 1 is 1.52 bits per heavy atom. The maximum absolute atomic E-state index is 12.1. The van der Waals surface area contributed by atoms with Gasteiger partial charge in [-0.1, -0.05) is 19.2 Å². The second-order valence-corrected chi connectivity index (χ2v) is 7.26. The number of carbonyl (C=O) groups excluding carboxylic acids is 2. The van der Waals surface area contributed by atoms with E-state index in [9.17, 15) is 14.7 Å². The molecule has 0 unspecified atom stereocenters. The van der Waals surface area contributed by atoms with Crippen molar-refractivity contribution in [3.63, 3.8) is 0 Å². The van der Waals surface area contributed by atoms with Crippen LogP contribution < -0.4 is 0 Å². The number of allylic oxidation sites excluding steroid dienone is 1. The van der Waals surface area contributed by atoms with Gasteiger partial charge in [0.25, 0.3) is 0 Å². The van der Waals surface area contributed by atoms with Gasteiger partial charge < -0.3 is 19.3 Å². The van der Waals surface area contributed by atoms with Gasteiger partial charge in [0.05, 0.1) is 18.1 Å².